The molecule has 0 saturated carbocycles. The molecule has 13 heteroatoms. The monoisotopic (exact) mass is 654 g/mol. The summed E-state index contributed by atoms with van der Waals surface area (Å²) in [7, 11) is 6.42. The van der Waals surface area contributed by atoms with Gasteiger partial charge in [-0.2, -0.15) is 0 Å². The number of ketones is 1. The van der Waals surface area contributed by atoms with Gasteiger partial charge in [0.15, 0.2) is 22.9 Å². The lowest BCUT2D eigenvalue weighted by Crippen LogP contribution is -2.34. The lowest BCUT2D eigenvalue weighted by atomic mass is 10.0. The first kappa shape index (κ1) is 32.9. The standard InChI is InChI=1S/C33H37F2N4O6P/c1-33(2,3)45-32(41)38(4)28-21-15-25(37-19-7-9-20(10-8-19)39-13-11-18(34)12-14-39)36-17-24(21)44-30(28)29(40)26-27(35)22(42-5)16-23(43-6)31(26)46/h7-10,15-18H,11-14,46H2,1-6H3,(H,36,37). The second kappa shape index (κ2) is 13.1. The number of nitrogens with zero attached hydrogens (tertiary/aromatic N) is 3. The number of hydrogen-bond donors (Lipinski definition) is 1. The first-order chi connectivity index (χ1) is 21.8. The van der Waals surface area contributed by atoms with Crippen molar-refractivity contribution in [3.8, 4) is 11.5 Å². The number of nitrogens with one attached hydrogen (secondary N) is 1. The minimum atomic E-state index is -0.914. The molecule has 3 heterocycles. The van der Waals surface area contributed by atoms with Crippen LogP contribution in [-0.4, -0.2) is 63.0 Å². The second-order valence-electron chi connectivity index (χ2n) is 11.9. The van der Waals surface area contributed by atoms with Crippen molar-refractivity contribution in [1.29, 1.82) is 0 Å². The molecule has 1 fully saturated rings. The molecule has 5 rings (SSSR count). The number of piperidine rings is 1. The van der Waals surface area contributed by atoms with Crippen LogP contribution in [0.2, 0.25) is 0 Å². The Kier molecular flexibility index (Phi) is 9.39. The number of alkyl halides is 1. The average molecular weight is 655 g/mol. The molecule has 2 aromatic heterocycles. The highest BCUT2D eigenvalue weighted by Crippen LogP contribution is 2.39. The molecule has 0 radical (unpaired) electrons. The lowest BCUT2D eigenvalue weighted by molar-refractivity contribution is 0.0589. The predicted molar refractivity (Wildman–Crippen MR) is 177 cm³/mol. The zero-order chi connectivity index (χ0) is 33.3. The summed E-state index contributed by atoms with van der Waals surface area (Å²) in [6.45, 7) is 6.48. The van der Waals surface area contributed by atoms with Crippen molar-refractivity contribution in [2.45, 2.75) is 45.4 Å². The zero-order valence-corrected chi connectivity index (χ0v) is 27.7. The number of aromatic nitrogens is 1. The largest absolute Gasteiger partial charge is 0.496 e. The van der Waals surface area contributed by atoms with E-state index < -0.39 is 29.5 Å². The number of ether oxygens (including phenoxy) is 3. The van der Waals surface area contributed by atoms with Crippen LogP contribution in [0.1, 0.15) is 49.7 Å². The first-order valence-electron chi connectivity index (χ1n) is 14.7. The third-order valence-electron chi connectivity index (χ3n) is 7.59. The summed E-state index contributed by atoms with van der Waals surface area (Å²) in [6, 6.07) is 10.7. The Balaban J connectivity index is 1.56. The van der Waals surface area contributed by atoms with Gasteiger partial charge in [-0.25, -0.2) is 18.6 Å². The molecule has 0 aliphatic carbocycles. The molecule has 2 aromatic carbocycles. The van der Waals surface area contributed by atoms with Gasteiger partial charge < -0.3 is 28.8 Å². The van der Waals surface area contributed by atoms with Crippen LogP contribution in [0.15, 0.2) is 47.0 Å². The van der Waals surface area contributed by atoms with E-state index >= 15 is 4.39 Å². The maximum Gasteiger partial charge on any atom is 0.414 e. The van der Waals surface area contributed by atoms with Crippen LogP contribution in [0.25, 0.3) is 11.0 Å². The van der Waals surface area contributed by atoms with Crippen molar-refractivity contribution >= 4 is 60.3 Å². The Hall–Kier alpha value is -4.44. The van der Waals surface area contributed by atoms with E-state index in [2.05, 4.69) is 24.4 Å². The molecule has 1 atom stereocenters. The van der Waals surface area contributed by atoms with Gasteiger partial charge in [0.25, 0.3) is 0 Å². The molecule has 1 N–H and O–H groups in total. The maximum atomic E-state index is 15.6. The van der Waals surface area contributed by atoms with Gasteiger partial charge >= 0.3 is 6.09 Å². The van der Waals surface area contributed by atoms with E-state index in [1.807, 2.05) is 24.3 Å². The van der Waals surface area contributed by atoms with Gasteiger partial charge in [0.1, 0.15) is 29.0 Å². The van der Waals surface area contributed by atoms with Crippen LogP contribution in [-0.2, 0) is 4.74 Å². The molecule has 10 nitrogen and oxygen atoms in total. The number of pyridine rings is 1. The van der Waals surface area contributed by atoms with Crippen LogP contribution >= 0.6 is 9.24 Å². The molecule has 1 unspecified atom stereocenters. The van der Waals surface area contributed by atoms with E-state index in [9.17, 15) is 14.0 Å². The van der Waals surface area contributed by atoms with Gasteiger partial charge in [0.05, 0.1) is 31.4 Å². The molecule has 1 amide bonds. The van der Waals surface area contributed by atoms with Gasteiger partial charge in [-0.15, -0.1) is 9.24 Å². The molecule has 1 aliphatic rings. The van der Waals surface area contributed by atoms with Crippen LogP contribution in [0.4, 0.5) is 36.5 Å². The molecule has 244 valence electrons. The molecule has 0 bridgehead atoms. The highest BCUT2D eigenvalue weighted by molar-refractivity contribution is 7.28. The number of benzene rings is 2. The Morgan fingerprint density at radius 3 is 2.35 bits per heavy atom. The van der Waals surface area contributed by atoms with Crippen molar-refractivity contribution in [2.24, 2.45) is 0 Å². The Morgan fingerprint density at radius 2 is 1.74 bits per heavy atom. The fraction of sp³-hybridized carbons (Fsp3) is 0.364. The average Bonchev–Trinajstić information content (AvgIpc) is 3.39. The summed E-state index contributed by atoms with van der Waals surface area (Å²) in [5.74, 6) is -1.66. The molecule has 1 aliphatic heterocycles. The Morgan fingerprint density at radius 1 is 1.09 bits per heavy atom. The van der Waals surface area contributed by atoms with Crippen molar-refractivity contribution in [1.82, 2.24) is 4.98 Å². The zero-order valence-electron chi connectivity index (χ0n) is 26.6. The Labute approximate surface area is 268 Å². The third-order valence-corrected chi connectivity index (χ3v) is 8.16. The van der Waals surface area contributed by atoms with Crippen molar-refractivity contribution < 1.29 is 37.0 Å². The number of anilines is 4. The van der Waals surface area contributed by atoms with Crippen molar-refractivity contribution in [3.63, 3.8) is 0 Å². The van der Waals surface area contributed by atoms with Gasteiger partial charge in [-0.05, 0) is 63.9 Å². The van der Waals surface area contributed by atoms with E-state index in [0.717, 1.165) is 16.3 Å². The van der Waals surface area contributed by atoms with Crippen LogP contribution < -0.4 is 29.9 Å². The highest BCUT2D eigenvalue weighted by atomic mass is 31.0. The summed E-state index contributed by atoms with van der Waals surface area (Å²) >= 11 is 0. The number of carbonyl (C=O) groups is 2. The SMILES string of the molecule is COc1cc(OC)c(P)c(C(=O)c2oc3cnc(Nc4ccc(N5CCC(F)CC5)cc4)cc3c2N(C)C(=O)OC(C)(C)C)c1F. The first-order valence-corrected chi connectivity index (χ1v) is 15.3. The minimum Gasteiger partial charge on any atom is -0.496 e. The molecule has 4 aromatic rings. The topological polar surface area (TPSA) is 106 Å². The third kappa shape index (κ3) is 6.72. The van der Waals surface area contributed by atoms with E-state index in [1.165, 1.54) is 33.5 Å². The Bertz CT molecular complexity index is 1740. The number of rotatable bonds is 8. The highest BCUT2D eigenvalue weighted by Gasteiger charge is 2.33. The number of hydrogen-bond acceptors (Lipinski definition) is 9. The predicted octanol–water partition coefficient (Wildman–Crippen LogP) is 6.77. The summed E-state index contributed by atoms with van der Waals surface area (Å²) in [6.07, 6.45) is 0.931. The van der Waals surface area contributed by atoms with Crippen molar-refractivity contribution in [3.05, 3.63) is 59.7 Å². The summed E-state index contributed by atoms with van der Waals surface area (Å²) in [5.41, 5.74) is 0.784. The molecule has 46 heavy (non-hydrogen) atoms. The molecule has 0 spiro atoms. The van der Waals surface area contributed by atoms with E-state index in [4.69, 9.17) is 18.6 Å². The van der Waals surface area contributed by atoms with Crippen molar-refractivity contribution in [2.75, 3.05) is 49.5 Å². The van der Waals surface area contributed by atoms with Gasteiger partial charge in [-0.1, -0.05) is 0 Å². The molecule has 1 saturated heterocycles. The van der Waals surface area contributed by atoms with Crippen LogP contribution in [0.3, 0.4) is 0 Å². The summed E-state index contributed by atoms with van der Waals surface area (Å²) < 4.78 is 51.3. The number of furan rings is 1. The van der Waals surface area contributed by atoms with Gasteiger partial charge in [0, 0.05) is 42.9 Å². The maximum absolute atomic E-state index is 15.6. The molecular formula is C33H37F2N4O6P. The lowest BCUT2D eigenvalue weighted by Gasteiger charge is -2.30. The second-order valence-corrected chi connectivity index (χ2v) is 12.5. The number of halogens is 2. The number of methoxy groups -OCH3 is 2. The number of amides is 1. The van der Waals surface area contributed by atoms with Gasteiger partial charge in [0.2, 0.25) is 5.78 Å². The van der Waals surface area contributed by atoms with E-state index in [1.54, 1.807) is 26.8 Å². The minimum absolute atomic E-state index is 0.0666. The number of carbonyl (C=O) groups excluding carboxylic acids is 2. The summed E-state index contributed by atoms with van der Waals surface area (Å²) in [5, 5.41) is 3.75. The van der Waals surface area contributed by atoms with E-state index in [0.29, 0.717) is 37.1 Å². The molecular weight excluding hydrogens is 617 g/mol. The smallest absolute Gasteiger partial charge is 0.414 e. The normalized spacial score (nSPS) is 13.9. The summed E-state index contributed by atoms with van der Waals surface area (Å²) in [4.78, 5) is 35.1. The van der Waals surface area contributed by atoms with E-state index in [-0.39, 0.29) is 39.4 Å². The quantitative estimate of drug-likeness (QED) is 0.163. The number of fused-ring (bicyclic) bond motifs is 1. The fourth-order valence-corrected chi connectivity index (χ4v) is 5.71. The van der Waals surface area contributed by atoms with Crippen LogP contribution in [0.5, 0.6) is 11.5 Å². The fourth-order valence-electron chi connectivity index (χ4n) is 5.25. The van der Waals surface area contributed by atoms with Gasteiger partial charge in [-0.3, -0.25) is 9.69 Å². The van der Waals surface area contributed by atoms with Crippen LogP contribution in [0, 0.1) is 5.82 Å².